The molecule has 0 spiro atoms. The highest BCUT2D eigenvalue weighted by Crippen LogP contribution is 2.35. The quantitative estimate of drug-likeness (QED) is 0.926. The van der Waals surface area contributed by atoms with Gasteiger partial charge in [0, 0.05) is 18.2 Å². The molecule has 5 nitrogen and oxygen atoms in total. The van der Waals surface area contributed by atoms with Gasteiger partial charge in [-0.3, -0.25) is 9.59 Å². The van der Waals surface area contributed by atoms with E-state index < -0.39 is 5.91 Å². The summed E-state index contributed by atoms with van der Waals surface area (Å²) in [4.78, 5) is 25.6. The van der Waals surface area contributed by atoms with Gasteiger partial charge in [0.15, 0.2) is 6.61 Å². The number of rotatable bonds is 4. The minimum atomic E-state index is -0.468. The maximum atomic E-state index is 12.5. The number of nitrogens with zero attached hydrogens (tertiary/aromatic N) is 1. The predicted molar refractivity (Wildman–Crippen MR) is 87.1 cm³/mol. The molecule has 0 bridgehead atoms. The lowest BCUT2D eigenvalue weighted by Gasteiger charge is -2.44. The number of nitrogens with two attached hydrogens (primary N) is 1. The molecule has 1 saturated carbocycles. The van der Waals surface area contributed by atoms with Crippen molar-refractivity contribution in [2.24, 2.45) is 11.7 Å². The molecule has 5 heteroatoms. The molecule has 1 saturated heterocycles. The van der Waals surface area contributed by atoms with Crippen LogP contribution in [0.5, 0.6) is 5.75 Å². The Morgan fingerprint density at radius 2 is 1.78 bits per heavy atom. The second-order valence-electron chi connectivity index (χ2n) is 6.52. The summed E-state index contributed by atoms with van der Waals surface area (Å²) >= 11 is 0. The Balaban J connectivity index is 1.57. The number of carbonyl (C=O) groups excluding carboxylic acids is 2. The summed E-state index contributed by atoms with van der Waals surface area (Å²) in [6.45, 7) is 0.906. The lowest BCUT2D eigenvalue weighted by molar-refractivity contribution is -0.139. The van der Waals surface area contributed by atoms with Crippen LogP contribution >= 0.6 is 0 Å². The maximum absolute atomic E-state index is 12.5. The van der Waals surface area contributed by atoms with E-state index in [1.807, 2.05) is 4.90 Å². The molecule has 2 aliphatic rings. The van der Waals surface area contributed by atoms with Crippen LogP contribution in [0, 0.1) is 5.92 Å². The highest BCUT2D eigenvalue weighted by atomic mass is 16.5. The minimum absolute atomic E-state index is 0.0547. The monoisotopic (exact) mass is 316 g/mol. The molecule has 1 aromatic carbocycles. The first-order valence-corrected chi connectivity index (χ1v) is 8.47. The van der Waals surface area contributed by atoms with Crippen LogP contribution < -0.4 is 10.5 Å². The fourth-order valence-electron chi connectivity index (χ4n) is 3.88. The third-order valence-electron chi connectivity index (χ3n) is 5.06. The van der Waals surface area contributed by atoms with E-state index in [4.69, 9.17) is 10.5 Å². The largest absolute Gasteiger partial charge is 0.484 e. The van der Waals surface area contributed by atoms with Crippen molar-refractivity contribution in [2.45, 2.75) is 44.6 Å². The molecule has 0 radical (unpaired) electrons. The van der Waals surface area contributed by atoms with Crippen molar-refractivity contribution in [3.05, 3.63) is 29.8 Å². The van der Waals surface area contributed by atoms with Crippen LogP contribution in [-0.2, 0) is 4.79 Å². The van der Waals surface area contributed by atoms with E-state index in [0.717, 1.165) is 19.4 Å². The predicted octanol–water partition coefficient (Wildman–Crippen LogP) is 2.35. The Kier molecular flexibility index (Phi) is 4.84. The van der Waals surface area contributed by atoms with Crippen LogP contribution in [0.15, 0.2) is 24.3 Å². The smallest absolute Gasteiger partial charge is 0.260 e. The number of hydrogen-bond donors (Lipinski definition) is 1. The normalized spacial score (nSPS) is 23.9. The molecule has 2 atom stereocenters. The second kappa shape index (κ2) is 7.02. The fourth-order valence-corrected chi connectivity index (χ4v) is 3.88. The third-order valence-corrected chi connectivity index (χ3v) is 5.06. The van der Waals surface area contributed by atoms with Gasteiger partial charge < -0.3 is 15.4 Å². The van der Waals surface area contributed by atoms with Gasteiger partial charge >= 0.3 is 0 Å². The van der Waals surface area contributed by atoms with E-state index >= 15 is 0 Å². The molecule has 0 unspecified atom stereocenters. The van der Waals surface area contributed by atoms with Gasteiger partial charge in [-0.2, -0.15) is 0 Å². The van der Waals surface area contributed by atoms with Gasteiger partial charge in [0.1, 0.15) is 5.75 Å². The highest BCUT2D eigenvalue weighted by molar-refractivity contribution is 5.92. The van der Waals surface area contributed by atoms with E-state index in [9.17, 15) is 9.59 Å². The first kappa shape index (κ1) is 15.8. The summed E-state index contributed by atoms with van der Waals surface area (Å²) in [5.74, 6) is 0.863. The Hall–Kier alpha value is -2.04. The third kappa shape index (κ3) is 3.66. The molecule has 2 fully saturated rings. The number of hydrogen-bond acceptors (Lipinski definition) is 3. The topological polar surface area (TPSA) is 72.6 Å². The SMILES string of the molecule is NC(=O)c1ccc(OCC(=O)N2CCC[C@@H]3CCCC[C@@H]32)cc1. The van der Waals surface area contributed by atoms with E-state index in [1.165, 1.54) is 25.7 Å². The Morgan fingerprint density at radius 3 is 2.52 bits per heavy atom. The Morgan fingerprint density at radius 1 is 1.09 bits per heavy atom. The number of likely N-dealkylation sites (tertiary alicyclic amines) is 1. The maximum Gasteiger partial charge on any atom is 0.260 e. The standard InChI is InChI=1S/C18H24N2O3/c19-18(22)14-7-9-15(10-8-14)23-12-17(21)20-11-3-5-13-4-1-2-6-16(13)20/h7-10,13,16H,1-6,11-12H2,(H2,19,22)/t13-,16-/m0/s1. The van der Waals surface area contributed by atoms with Crippen LogP contribution in [0.25, 0.3) is 0 Å². The Labute approximate surface area is 136 Å². The van der Waals surface area contributed by atoms with Crippen LogP contribution in [0.1, 0.15) is 48.9 Å². The number of primary amides is 1. The molecule has 1 aliphatic carbocycles. The summed E-state index contributed by atoms with van der Waals surface area (Å²) in [5.41, 5.74) is 5.64. The fraction of sp³-hybridized carbons (Fsp3) is 0.556. The van der Waals surface area contributed by atoms with Gasteiger partial charge in [-0.15, -0.1) is 0 Å². The molecule has 3 rings (SSSR count). The first-order chi connectivity index (χ1) is 11.1. The lowest BCUT2D eigenvalue weighted by atomic mass is 9.78. The minimum Gasteiger partial charge on any atom is -0.484 e. The molecule has 1 aromatic rings. The molecule has 2 amide bonds. The second-order valence-corrected chi connectivity index (χ2v) is 6.52. The zero-order valence-electron chi connectivity index (χ0n) is 13.4. The molecule has 2 N–H and O–H groups in total. The van der Waals surface area contributed by atoms with Gasteiger partial charge in [0.25, 0.3) is 5.91 Å². The molecule has 23 heavy (non-hydrogen) atoms. The van der Waals surface area contributed by atoms with Gasteiger partial charge in [0.05, 0.1) is 0 Å². The average Bonchev–Trinajstić information content (AvgIpc) is 2.59. The highest BCUT2D eigenvalue weighted by Gasteiger charge is 2.35. The lowest BCUT2D eigenvalue weighted by Crippen LogP contribution is -2.51. The number of carbonyl (C=O) groups is 2. The van der Waals surface area contributed by atoms with Crippen molar-refractivity contribution in [1.82, 2.24) is 4.90 Å². The van der Waals surface area contributed by atoms with Gasteiger partial charge in [-0.25, -0.2) is 0 Å². The number of fused-ring (bicyclic) bond motifs is 1. The van der Waals surface area contributed by atoms with Crippen molar-refractivity contribution in [1.29, 1.82) is 0 Å². The van der Waals surface area contributed by atoms with Crippen LogP contribution in [0.4, 0.5) is 0 Å². The Bertz CT molecular complexity index is 568. The summed E-state index contributed by atoms with van der Waals surface area (Å²) in [6.07, 6.45) is 7.25. The van der Waals surface area contributed by atoms with E-state index in [2.05, 4.69) is 0 Å². The van der Waals surface area contributed by atoms with Crippen molar-refractivity contribution in [2.75, 3.05) is 13.2 Å². The zero-order valence-corrected chi connectivity index (χ0v) is 13.4. The van der Waals surface area contributed by atoms with E-state index in [1.54, 1.807) is 24.3 Å². The number of piperidine rings is 1. The molecule has 0 aromatic heterocycles. The number of amides is 2. The van der Waals surface area contributed by atoms with Gasteiger partial charge in [-0.1, -0.05) is 12.8 Å². The number of benzene rings is 1. The van der Waals surface area contributed by atoms with Gasteiger partial charge in [-0.05, 0) is 55.9 Å². The van der Waals surface area contributed by atoms with Crippen molar-refractivity contribution >= 4 is 11.8 Å². The molecular formula is C18H24N2O3. The summed E-state index contributed by atoms with van der Waals surface area (Å²) < 4.78 is 5.59. The summed E-state index contributed by atoms with van der Waals surface area (Å²) in [7, 11) is 0. The molecule has 1 heterocycles. The van der Waals surface area contributed by atoms with Crippen molar-refractivity contribution < 1.29 is 14.3 Å². The average molecular weight is 316 g/mol. The van der Waals surface area contributed by atoms with Crippen molar-refractivity contribution in [3.8, 4) is 5.75 Å². The molecule has 124 valence electrons. The van der Waals surface area contributed by atoms with Crippen LogP contribution in [0.3, 0.4) is 0 Å². The summed E-state index contributed by atoms with van der Waals surface area (Å²) in [5, 5.41) is 0. The zero-order chi connectivity index (χ0) is 16.2. The molecule has 1 aliphatic heterocycles. The van der Waals surface area contributed by atoms with Gasteiger partial charge in [0.2, 0.25) is 5.91 Å². The molecular weight excluding hydrogens is 292 g/mol. The van der Waals surface area contributed by atoms with Crippen LogP contribution in [0.2, 0.25) is 0 Å². The van der Waals surface area contributed by atoms with E-state index in [0.29, 0.717) is 23.3 Å². The van der Waals surface area contributed by atoms with Crippen LogP contribution in [-0.4, -0.2) is 35.9 Å². The van der Waals surface area contributed by atoms with Crippen molar-refractivity contribution in [3.63, 3.8) is 0 Å². The first-order valence-electron chi connectivity index (χ1n) is 8.47. The van der Waals surface area contributed by atoms with E-state index in [-0.39, 0.29) is 12.5 Å². The number of ether oxygens (including phenoxy) is 1. The summed E-state index contributed by atoms with van der Waals surface area (Å²) in [6, 6.07) is 6.98.